The highest BCUT2D eigenvalue weighted by Crippen LogP contribution is 2.35. The van der Waals surface area contributed by atoms with E-state index < -0.39 is 6.10 Å². The average Bonchev–Trinajstić information content (AvgIpc) is 2.84. The Balaban J connectivity index is 1.58. The van der Waals surface area contributed by atoms with Crippen LogP contribution in [0.25, 0.3) is 0 Å². The lowest BCUT2D eigenvalue weighted by Crippen LogP contribution is -2.67. The first-order valence-electron chi connectivity index (χ1n) is 11.7. The van der Waals surface area contributed by atoms with Crippen molar-refractivity contribution in [1.82, 2.24) is 14.9 Å². The summed E-state index contributed by atoms with van der Waals surface area (Å²) in [5.74, 6) is 1.12. The van der Waals surface area contributed by atoms with Crippen LogP contribution in [0, 0.1) is 23.7 Å². The standard InChI is InChI=1S/C27H29Cl2N7O/c1-15-24(29)23(21(28)12-33-15)16(2)37-19-6-7-22(31)20(9-19)25(32)18-8-17(10-30)26(34-11-18)36-13-27(3,14-36)35(4)5/h6-9,11-12,16,32H,13-14,31H2,1-5H3/t16-/m1/s1. The zero-order valence-electron chi connectivity index (χ0n) is 21.4. The summed E-state index contributed by atoms with van der Waals surface area (Å²) < 4.78 is 6.13. The number of hydrogen-bond donors (Lipinski definition) is 2. The van der Waals surface area contributed by atoms with Crippen LogP contribution < -0.4 is 15.4 Å². The van der Waals surface area contributed by atoms with Crippen molar-refractivity contribution in [2.24, 2.45) is 0 Å². The van der Waals surface area contributed by atoms with Gasteiger partial charge in [-0.3, -0.25) is 10.4 Å². The Morgan fingerprint density at radius 1 is 1.24 bits per heavy atom. The molecule has 0 aliphatic carbocycles. The normalized spacial score (nSPS) is 15.2. The number of aromatic nitrogens is 2. The summed E-state index contributed by atoms with van der Waals surface area (Å²) >= 11 is 12.8. The first-order valence-corrected chi connectivity index (χ1v) is 12.5. The van der Waals surface area contributed by atoms with Gasteiger partial charge in [-0.25, -0.2) is 4.98 Å². The van der Waals surface area contributed by atoms with Crippen LogP contribution in [0.5, 0.6) is 5.75 Å². The molecule has 1 saturated heterocycles. The summed E-state index contributed by atoms with van der Waals surface area (Å²) in [7, 11) is 4.09. The van der Waals surface area contributed by atoms with E-state index in [0.29, 0.717) is 55.2 Å². The number of nitrogens with two attached hydrogens (primary N) is 1. The topological polar surface area (TPSA) is 115 Å². The largest absolute Gasteiger partial charge is 0.486 e. The molecule has 0 spiro atoms. The zero-order valence-corrected chi connectivity index (χ0v) is 22.9. The summed E-state index contributed by atoms with van der Waals surface area (Å²) in [6, 6.07) is 9.03. The number of nitriles is 1. The molecule has 1 aliphatic rings. The highest BCUT2D eigenvalue weighted by Gasteiger charge is 2.42. The predicted octanol–water partition coefficient (Wildman–Crippen LogP) is 5.24. The van der Waals surface area contributed by atoms with E-state index in [0.717, 1.165) is 13.1 Å². The number of halogens is 2. The number of rotatable bonds is 7. The summed E-state index contributed by atoms with van der Waals surface area (Å²) in [5, 5.41) is 19.5. The maximum absolute atomic E-state index is 9.81. The Labute approximate surface area is 227 Å². The molecule has 0 amide bonds. The van der Waals surface area contributed by atoms with E-state index in [9.17, 15) is 5.26 Å². The number of benzene rings is 1. The van der Waals surface area contributed by atoms with Crippen LogP contribution in [0.4, 0.5) is 11.5 Å². The van der Waals surface area contributed by atoms with Crippen molar-refractivity contribution in [3.05, 3.63) is 74.7 Å². The van der Waals surface area contributed by atoms with Crippen molar-refractivity contribution >= 4 is 40.4 Å². The summed E-state index contributed by atoms with van der Waals surface area (Å²) in [5.41, 5.74) is 9.49. The van der Waals surface area contributed by atoms with Gasteiger partial charge >= 0.3 is 0 Å². The molecule has 1 atom stereocenters. The molecule has 0 radical (unpaired) electrons. The van der Waals surface area contributed by atoms with E-state index in [1.54, 1.807) is 43.6 Å². The van der Waals surface area contributed by atoms with E-state index >= 15 is 0 Å². The van der Waals surface area contributed by atoms with Gasteiger partial charge in [0.05, 0.1) is 32.6 Å². The molecule has 1 aromatic carbocycles. The van der Waals surface area contributed by atoms with E-state index in [2.05, 4.69) is 32.8 Å². The molecule has 2 aromatic heterocycles. The maximum atomic E-state index is 9.81. The minimum absolute atomic E-state index is 0.0369. The van der Waals surface area contributed by atoms with Gasteiger partial charge in [-0.1, -0.05) is 23.2 Å². The number of aryl methyl sites for hydroxylation is 1. The van der Waals surface area contributed by atoms with E-state index in [4.69, 9.17) is 39.1 Å². The van der Waals surface area contributed by atoms with Gasteiger partial charge in [0.15, 0.2) is 0 Å². The maximum Gasteiger partial charge on any atom is 0.146 e. The molecule has 3 N–H and O–H groups in total. The number of ether oxygens (including phenoxy) is 1. The molecule has 37 heavy (non-hydrogen) atoms. The summed E-state index contributed by atoms with van der Waals surface area (Å²) in [6.45, 7) is 7.36. The summed E-state index contributed by atoms with van der Waals surface area (Å²) in [4.78, 5) is 13.0. The van der Waals surface area contributed by atoms with Crippen molar-refractivity contribution < 1.29 is 4.74 Å². The smallest absolute Gasteiger partial charge is 0.146 e. The fourth-order valence-electron chi connectivity index (χ4n) is 4.33. The second kappa shape index (κ2) is 10.2. The third kappa shape index (κ3) is 5.08. The molecular weight excluding hydrogens is 509 g/mol. The predicted molar refractivity (Wildman–Crippen MR) is 148 cm³/mol. The van der Waals surface area contributed by atoms with Gasteiger partial charge < -0.3 is 20.3 Å². The SMILES string of the molecule is Cc1ncc(Cl)c([C@@H](C)Oc2ccc(N)c(C(=N)c3cnc(N4CC(C)(N(C)C)C4)c(C#N)c3)c2)c1Cl. The number of likely N-dealkylation sites (N-methyl/N-ethyl adjacent to an activating group) is 1. The number of hydrogen-bond acceptors (Lipinski definition) is 8. The van der Waals surface area contributed by atoms with Crippen LogP contribution >= 0.6 is 23.2 Å². The van der Waals surface area contributed by atoms with Crippen molar-refractivity contribution in [2.75, 3.05) is 37.8 Å². The Hall–Kier alpha value is -3.38. The fourth-order valence-corrected chi connectivity index (χ4v) is 4.98. The van der Waals surface area contributed by atoms with Crippen molar-refractivity contribution in [3.63, 3.8) is 0 Å². The second-order valence-corrected chi connectivity index (χ2v) is 10.5. The summed E-state index contributed by atoms with van der Waals surface area (Å²) in [6.07, 6.45) is 2.69. The zero-order chi connectivity index (χ0) is 27.1. The highest BCUT2D eigenvalue weighted by atomic mass is 35.5. The Kier molecular flexibility index (Phi) is 7.33. The van der Waals surface area contributed by atoms with Crippen LogP contribution in [-0.4, -0.2) is 53.3 Å². The molecular formula is C27H29Cl2N7O. The van der Waals surface area contributed by atoms with Gasteiger partial charge in [-0.05, 0) is 59.1 Å². The molecule has 0 saturated carbocycles. The van der Waals surface area contributed by atoms with Crippen LogP contribution in [0.1, 0.15) is 47.9 Å². The van der Waals surface area contributed by atoms with Crippen LogP contribution in [-0.2, 0) is 0 Å². The van der Waals surface area contributed by atoms with E-state index in [1.807, 2.05) is 21.0 Å². The molecule has 8 nitrogen and oxygen atoms in total. The lowest BCUT2D eigenvalue weighted by molar-refractivity contribution is 0.132. The van der Waals surface area contributed by atoms with E-state index in [1.165, 1.54) is 0 Å². The first kappa shape index (κ1) is 26.7. The minimum atomic E-state index is -0.470. The fraction of sp³-hybridized carbons (Fsp3) is 0.333. The second-order valence-electron chi connectivity index (χ2n) is 9.76. The number of nitrogen functional groups attached to an aromatic ring is 1. The van der Waals surface area contributed by atoms with E-state index in [-0.39, 0.29) is 11.3 Å². The van der Waals surface area contributed by atoms with Gasteiger partial charge in [-0.2, -0.15) is 5.26 Å². The third-order valence-corrected chi connectivity index (χ3v) is 7.69. The van der Waals surface area contributed by atoms with Crippen LogP contribution in [0.3, 0.4) is 0 Å². The molecule has 0 unspecified atom stereocenters. The monoisotopic (exact) mass is 537 g/mol. The van der Waals surface area contributed by atoms with Gasteiger partial charge in [0.2, 0.25) is 0 Å². The molecule has 0 bridgehead atoms. The Bertz CT molecular complexity index is 1410. The van der Waals surface area contributed by atoms with Crippen molar-refractivity contribution in [3.8, 4) is 11.8 Å². The van der Waals surface area contributed by atoms with Crippen LogP contribution in [0.15, 0.2) is 36.7 Å². The molecule has 3 heterocycles. The Morgan fingerprint density at radius 3 is 2.59 bits per heavy atom. The molecule has 4 rings (SSSR count). The Morgan fingerprint density at radius 2 is 1.95 bits per heavy atom. The average molecular weight is 538 g/mol. The number of nitrogens with one attached hydrogen (secondary N) is 1. The third-order valence-electron chi connectivity index (χ3n) is 6.91. The van der Waals surface area contributed by atoms with Gasteiger partial charge in [0.1, 0.15) is 23.7 Å². The quantitative estimate of drug-likeness (QED) is 0.312. The molecule has 1 fully saturated rings. The molecule has 10 heteroatoms. The van der Waals surface area contributed by atoms with Crippen LogP contribution in [0.2, 0.25) is 10.0 Å². The first-order chi connectivity index (χ1) is 17.4. The lowest BCUT2D eigenvalue weighted by atomic mass is 9.90. The number of anilines is 2. The molecule has 3 aromatic rings. The number of pyridine rings is 2. The number of nitrogens with zero attached hydrogens (tertiary/aromatic N) is 5. The lowest BCUT2D eigenvalue weighted by Gasteiger charge is -2.52. The minimum Gasteiger partial charge on any atom is -0.486 e. The van der Waals surface area contributed by atoms with Crippen molar-refractivity contribution in [1.29, 1.82) is 10.7 Å². The molecule has 1 aliphatic heterocycles. The molecule has 192 valence electrons. The van der Waals surface area contributed by atoms with Gasteiger partial charge in [0.25, 0.3) is 0 Å². The van der Waals surface area contributed by atoms with Gasteiger partial charge in [0, 0.05) is 47.9 Å². The van der Waals surface area contributed by atoms with Gasteiger partial charge in [-0.15, -0.1) is 0 Å². The highest BCUT2D eigenvalue weighted by molar-refractivity contribution is 6.36. The van der Waals surface area contributed by atoms with Crippen molar-refractivity contribution in [2.45, 2.75) is 32.4 Å².